The van der Waals surface area contributed by atoms with Crippen LogP contribution in [0.5, 0.6) is 0 Å². The molecule has 5 heteroatoms. The zero-order chi connectivity index (χ0) is 16.7. The SMILES string of the molecule is COC(CCCCCCCCCCCCC(=O)O)(OC)OC. The van der Waals surface area contributed by atoms with Gasteiger partial charge < -0.3 is 19.3 Å². The summed E-state index contributed by atoms with van der Waals surface area (Å²) in [5, 5.41) is 8.53. The third kappa shape index (κ3) is 11.0. The number of carbonyl (C=O) groups is 1. The second kappa shape index (κ2) is 14.0. The van der Waals surface area contributed by atoms with Crippen molar-refractivity contribution >= 4 is 5.97 Å². The summed E-state index contributed by atoms with van der Waals surface area (Å²) in [4.78, 5) is 10.4. The molecule has 0 radical (unpaired) electrons. The maximum atomic E-state index is 10.4. The smallest absolute Gasteiger partial charge is 0.303 e. The van der Waals surface area contributed by atoms with Gasteiger partial charge in [-0.1, -0.05) is 51.4 Å². The molecule has 0 aliphatic heterocycles. The predicted molar refractivity (Wildman–Crippen MR) is 86.8 cm³/mol. The minimum Gasteiger partial charge on any atom is -0.481 e. The van der Waals surface area contributed by atoms with Crippen molar-refractivity contribution in [2.75, 3.05) is 21.3 Å². The molecule has 0 aliphatic carbocycles. The Balaban J connectivity index is 3.32. The lowest BCUT2D eigenvalue weighted by atomic mass is 10.0. The molecule has 0 unspecified atom stereocenters. The molecule has 1 N–H and O–H groups in total. The van der Waals surface area contributed by atoms with Crippen molar-refractivity contribution in [3.05, 3.63) is 0 Å². The number of carboxylic acids is 1. The Morgan fingerprint density at radius 2 is 1.09 bits per heavy atom. The minimum atomic E-state index is -0.879. The highest BCUT2D eigenvalue weighted by Gasteiger charge is 2.28. The van der Waals surface area contributed by atoms with Crippen LogP contribution in [0.1, 0.15) is 77.0 Å². The third-order valence-electron chi connectivity index (χ3n) is 4.06. The van der Waals surface area contributed by atoms with E-state index in [0.29, 0.717) is 6.42 Å². The normalized spacial score (nSPS) is 11.8. The molecule has 0 fully saturated rings. The Morgan fingerprint density at radius 1 is 0.727 bits per heavy atom. The number of rotatable bonds is 16. The van der Waals surface area contributed by atoms with Crippen LogP contribution in [0.15, 0.2) is 0 Å². The average Bonchev–Trinajstić information content (AvgIpc) is 2.52. The highest BCUT2D eigenvalue weighted by molar-refractivity contribution is 5.66. The molecule has 0 saturated carbocycles. The van der Waals surface area contributed by atoms with Gasteiger partial charge >= 0.3 is 5.97 Å². The van der Waals surface area contributed by atoms with E-state index in [2.05, 4.69) is 0 Å². The second-order valence-corrected chi connectivity index (χ2v) is 5.72. The Labute approximate surface area is 135 Å². The maximum absolute atomic E-state index is 10.4. The van der Waals surface area contributed by atoms with Crippen molar-refractivity contribution in [3.8, 4) is 0 Å². The third-order valence-corrected chi connectivity index (χ3v) is 4.06. The Hall–Kier alpha value is -0.650. The molecular formula is C17H34O5. The summed E-state index contributed by atoms with van der Waals surface area (Å²) < 4.78 is 15.8. The van der Waals surface area contributed by atoms with Crippen LogP contribution in [0.25, 0.3) is 0 Å². The van der Waals surface area contributed by atoms with E-state index >= 15 is 0 Å². The first-order valence-electron chi connectivity index (χ1n) is 8.47. The van der Waals surface area contributed by atoms with Gasteiger partial charge in [0.15, 0.2) is 0 Å². The van der Waals surface area contributed by atoms with E-state index in [1.807, 2.05) is 0 Å². The first-order chi connectivity index (χ1) is 10.6. The molecule has 0 aromatic rings. The minimum absolute atomic E-state index is 0.311. The molecule has 0 saturated heterocycles. The number of aliphatic carboxylic acids is 1. The lowest BCUT2D eigenvalue weighted by molar-refractivity contribution is -0.355. The quantitative estimate of drug-likeness (QED) is 0.339. The van der Waals surface area contributed by atoms with Crippen molar-refractivity contribution in [3.63, 3.8) is 0 Å². The van der Waals surface area contributed by atoms with E-state index < -0.39 is 11.9 Å². The molecule has 0 atom stereocenters. The lowest BCUT2D eigenvalue weighted by Gasteiger charge is -2.28. The number of ether oxygens (including phenoxy) is 3. The van der Waals surface area contributed by atoms with Crippen LogP contribution in [0.3, 0.4) is 0 Å². The van der Waals surface area contributed by atoms with Gasteiger partial charge in [0.05, 0.1) is 0 Å². The monoisotopic (exact) mass is 318 g/mol. The summed E-state index contributed by atoms with van der Waals surface area (Å²) in [5.74, 6) is -1.56. The highest BCUT2D eigenvalue weighted by Crippen LogP contribution is 2.21. The van der Waals surface area contributed by atoms with E-state index in [0.717, 1.165) is 38.5 Å². The molecule has 0 aromatic heterocycles. The van der Waals surface area contributed by atoms with E-state index in [1.54, 1.807) is 21.3 Å². The molecule has 0 spiro atoms. The molecule has 0 rings (SSSR count). The summed E-state index contributed by atoms with van der Waals surface area (Å²) in [6, 6.07) is 0. The predicted octanol–water partition coefficient (Wildman–Crippen LogP) is 4.35. The van der Waals surface area contributed by atoms with Crippen LogP contribution >= 0.6 is 0 Å². The molecule has 132 valence electrons. The Kier molecular flexibility index (Phi) is 13.6. The van der Waals surface area contributed by atoms with Gasteiger partial charge in [-0.3, -0.25) is 4.79 Å². The molecular weight excluding hydrogens is 284 g/mol. The van der Waals surface area contributed by atoms with Crippen molar-refractivity contribution in [2.24, 2.45) is 0 Å². The summed E-state index contributed by atoms with van der Waals surface area (Å²) in [6.07, 6.45) is 12.5. The number of methoxy groups -OCH3 is 3. The average molecular weight is 318 g/mol. The largest absolute Gasteiger partial charge is 0.481 e. The van der Waals surface area contributed by atoms with Crippen LogP contribution in [-0.4, -0.2) is 38.4 Å². The fraction of sp³-hybridized carbons (Fsp3) is 0.941. The van der Waals surface area contributed by atoms with Gasteiger partial charge in [-0.05, 0) is 12.8 Å². The van der Waals surface area contributed by atoms with Crippen molar-refractivity contribution in [1.29, 1.82) is 0 Å². The van der Waals surface area contributed by atoms with Gasteiger partial charge in [0, 0.05) is 34.2 Å². The Bertz CT molecular complexity index is 256. The van der Waals surface area contributed by atoms with Gasteiger partial charge in [0.2, 0.25) is 0 Å². The van der Waals surface area contributed by atoms with Crippen molar-refractivity contribution in [2.45, 2.75) is 83.0 Å². The fourth-order valence-electron chi connectivity index (χ4n) is 2.59. The van der Waals surface area contributed by atoms with Gasteiger partial charge in [-0.2, -0.15) is 0 Å². The van der Waals surface area contributed by atoms with Gasteiger partial charge in [0.25, 0.3) is 5.97 Å². The molecule has 0 aliphatic rings. The van der Waals surface area contributed by atoms with Crippen LogP contribution < -0.4 is 0 Å². The standard InChI is InChI=1S/C17H34O5/c1-20-17(21-2,22-3)15-13-11-9-7-5-4-6-8-10-12-14-16(18)19/h4-15H2,1-3H3,(H,18,19). The second-order valence-electron chi connectivity index (χ2n) is 5.72. The Morgan fingerprint density at radius 3 is 1.45 bits per heavy atom. The number of hydrogen-bond donors (Lipinski definition) is 1. The topological polar surface area (TPSA) is 65.0 Å². The van der Waals surface area contributed by atoms with E-state index in [9.17, 15) is 4.79 Å². The number of hydrogen-bond acceptors (Lipinski definition) is 4. The van der Waals surface area contributed by atoms with Crippen molar-refractivity contribution in [1.82, 2.24) is 0 Å². The zero-order valence-electron chi connectivity index (χ0n) is 14.6. The van der Waals surface area contributed by atoms with Gasteiger partial charge in [-0.15, -0.1) is 0 Å². The molecule has 0 amide bonds. The van der Waals surface area contributed by atoms with Crippen LogP contribution in [-0.2, 0) is 19.0 Å². The van der Waals surface area contributed by atoms with Crippen molar-refractivity contribution < 1.29 is 24.1 Å². The molecule has 22 heavy (non-hydrogen) atoms. The molecule has 5 nitrogen and oxygen atoms in total. The van der Waals surface area contributed by atoms with Gasteiger partial charge in [0.1, 0.15) is 0 Å². The van der Waals surface area contributed by atoms with Crippen LogP contribution in [0.4, 0.5) is 0 Å². The summed E-state index contributed by atoms with van der Waals surface area (Å²) in [5.41, 5.74) is 0. The lowest BCUT2D eigenvalue weighted by Crippen LogP contribution is -2.35. The summed E-state index contributed by atoms with van der Waals surface area (Å²) in [7, 11) is 4.80. The summed E-state index contributed by atoms with van der Waals surface area (Å²) in [6.45, 7) is 0. The first-order valence-corrected chi connectivity index (χ1v) is 8.47. The molecule has 0 bridgehead atoms. The highest BCUT2D eigenvalue weighted by atomic mass is 16.9. The molecule has 0 aromatic carbocycles. The zero-order valence-corrected chi connectivity index (χ0v) is 14.6. The van der Waals surface area contributed by atoms with E-state index in [1.165, 1.54) is 32.1 Å². The van der Waals surface area contributed by atoms with E-state index in [-0.39, 0.29) is 0 Å². The summed E-state index contributed by atoms with van der Waals surface area (Å²) >= 11 is 0. The van der Waals surface area contributed by atoms with Gasteiger partial charge in [-0.25, -0.2) is 0 Å². The van der Waals surface area contributed by atoms with E-state index in [4.69, 9.17) is 19.3 Å². The number of unbranched alkanes of at least 4 members (excludes halogenated alkanes) is 9. The van der Waals surface area contributed by atoms with Crippen LogP contribution in [0, 0.1) is 0 Å². The molecule has 0 heterocycles. The maximum Gasteiger partial charge on any atom is 0.303 e. The van der Waals surface area contributed by atoms with Crippen LogP contribution in [0.2, 0.25) is 0 Å². The number of carboxylic acid groups (broad SMARTS) is 1. The first kappa shape index (κ1) is 21.4. The fourth-order valence-corrected chi connectivity index (χ4v) is 2.59.